The first kappa shape index (κ1) is 13.0. The van der Waals surface area contributed by atoms with Gasteiger partial charge in [-0.15, -0.1) is 0 Å². The number of aromatic nitrogens is 3. The molecule has 2 rings (SSSR count). The first-order chi connectivity index (χ1) is 8.43. The predicted octanol–water partition coefficient (Wildman–Crippen LogP) is 2.47. The van der Waals surface area contributed by atoms with Crippen LogP contribution in [0.3, 0.4) is 0 Å². The Morgan fingerprint density at radius 3 is 2.72 bits per heavy atom. The van der Waals surface area contributed by atoms with Gasteiger partial charge in [0.25, 0.3) is 0 Å². The van der Waals surface area contributed by atoms with Gasteiger partial charge in [-0.1, -0.05) is 6.92 Å². The molecule has 0 aliphatic heterocycles. The summed E-state index contributed by atoms with van der Waals surface area (Å²) in [5, 5.41) is 0. The maximum Gasteiger partial charge on any atom is 0.111 e. The molecule has 1 atom stereocenters. The molecule has 1 unspecified atom stereocenters. The van der Waals surface area contributed by atoms with Gasteiger partial charge in [-0.3, -0.25) is 4.98 Å². The third-order valence-corrected chi connectivity index (χ3v) is 3.17. The summed E-state index contributed by atoms with van der Waals surface area (Å²) in [6.45, 7) is 8.68. The zero-order valence-electron chi connectivity index (χ0n) is 11.6. The Labute approximate surface area is 108 Å². The maximum absolute atomic E-state index is 6.07. The van der Waals surface area contributed by atoms with Crippen molar-refractivity contribution in [3.63, 3.8) is 0 Å². The van der Waals surface area contributed by atoms with Gasteiger partial charge in [-0.2, -0.15) is 0 Å². The van der Waals surface area contributed by atoms with Gasteiger partial charge in [0.2, 0.25) is 0 Å². The minimum absolute atomic E-state index is 0.00109. The summed E-state index contributed by atoms with van der Waals surface area (Å²) < 4.78 is 2.28. The van der Waals surface area contributed by atoms with E-state index >= 15 is 0 Å². The molecule has 0 spiro atoms. The maximum atomic E-state index is 6.07. The quantitative estimate of drug-likeness (QED) is 0.905. The van der Waals surface area contributed by atoms with Crippen LogP contribution in [0.25, 0.3) is 11.0 Å². The van der Waals surface area contributed by atoms with E-state index in [4.69, 9.17) is 5.73 Å². The molecular formula is C14H22N4. The van der Waals surface area contributed by atoms with E-state index in [1.54, 1.807) is 0 Å². The zero-order chi connectivity index (χ0) is 13.3. The highest BCUT2D eigenvalue weighted by Crippen LogP contribution is 2.25. The van der Waals surface area contributed by atoms with E-state index in [1.807, 2.05) is 18.5 Å². The molecule has 2 heterocycles. The number of hydrogen-bond acceptors (Lipinski definition) is 3. The lowest BCUT2D eigenvalue weighted by atomic mass is 10.1. The van der Waals surface area contributed by atoms with Crippen molar-refractivity contribution in [3.05, 3.63) is 24.3 Å². The highest BCUT2D eigenvalue weighted by Gasteiger charge is 2.22. The van der Waals surface area contributed by atoms with Crippen LogP contribution in [0.2, 0.25) is 0 Å². The highest BCUT2D eigenvalue weighted by atomic mass is 15.1. The average molecular weight is 246 g/mol. The van der Waals surface area contributed by atoms with E-state index in [9.17, 15) is 0 Å². The van der Waals surface area contributed by atoms with Crippen LogP contribution in [-0.2, 0) is 12.0 Å². The van der Waals surface area contributed by atoms with Crippen molar-refractivity contribution in [2.45, 2.75) is 52.1 Å². The largest absolute Gasteiger partial charge is 0.327 e. The topological polar surface area (TPSA) is 56.7 Å². The van der Waals surface area contributed by atoms with Crippen LogP contribution in [0, 0.1) is 0 Å². The Morgan fingerprint density at radius 2 is 2.11 bits per heavy atom. The van der Waals surface area contributed by atoms with Crippen LogP contribution in [0.5, 0.6) is 0 Å². The van der Waals surface area contributed by atoms with Gasteiger partial charge in [0, 0.05) is 24.2 Å². The van der Waals surface area contributed by atoms with Gasteiger partial charge in [0.15, 0.2) is 0 Å². The van der Waals surface area contributed by atoms with Crippen LogP contribution < -0.4 is 5.73 Å². The van der Waals surface area contributed by atoms with Crippen molar-refractivity contribution in [1.82, 2.24) is 14.5 Å². The molecule has 0 amide bonds. The Hall–Kier alpha value is -1.42. The fourth-order valence-corrected chi connectivity index (χ4v) is 2.25. The molecule has 0 saturated heterocycles. The molecule has 0 radical (unpaired) electrons. The molecule has 2 aromatic rings. The van der Waals surface area contributed by atoms with Crippen LogP contribution in [-0.4, -0.2) is 20.6 Å². The van der Waals surface area contributed by atoms with Crippen molar-refractivity contribution in [2.24, 2.45) is 5.73 Å². The lowest BCUT2D eigenvalue weighted by Gasteiger charge is -2.25. The number of pyridine rings is 1. The fourth-order valence-electron chi connectivity index (χ4n) is 2.25. The van der Waals surface area contributed by atoms with Crippen molar-refractivity contribution >= 4 is 11.0 Å². The second-order valence-electron chi connectivity index (χ2n) is 5.77. The second kappa shape index (κ2) is 4.69. The van der Waals surface area contributed by atoms with Gasteiger partial charge in [-0.25, -0.2) is 4.98 Å². The van der Waals surface area contributed by atoms with Crippen molar-refractivity contribution in [3.8, 4) is 0 Å². The predicted molar refractivity (Wildman–Crippen MR) is 74.5 cm³/mol. The molecule has 0 bridgehead atoms. The number of rotatable bonds is 3. The summed E-state index contributed by atoms with van der Waals surface area (Å²) in [7, 11) is 0. The summed E-state index contributed by atoms with van der Waals surface area (Å²) in [5.41, 5.74) is 8.15. The average Bonchev–Trinajstić information content (AvgIpc) is 2.65. The van der Waals surface area contributed by atoms with E-state index in [0.29, 0.717) is 0 Å². The molecule has 2 N–H and O–H groups in total. The first-order valence-corrected chi connectivity index (χ1v) is 6.51. The first-order valence-electron chi connectivity index (χ1n) is 6.51. The molecule has 18 heavy (non-hydrogen) atoms. The fraction of sp³-hybridized carbons (Fsp3) is 0.571. The molecular weight excluding hydrogens is 224 g/mol. The summed E-state index contributed by atoms with van der Waals surface area (Å²) in [4.78, 5) is 8.83. The van der Waals surface area contributed by atoms with Gasteiger partial charge in [0.05, 0.1) is 11.7 Å². The molecule has 0 aliphatic rings. The Morgan fingerprint density at radius 1 is 1.39 bits per heavy atom. The Balaban J connectivity index is 2.57. The molecule has 0 aromatic carbocycles. The molecule has 98 valence electrons. The normalized spacial score (nSPS) is 14.1. The van der Waals surface area contributed by atoms with E-state index < -0.39 is 0 Å². The van der Waals surface area contributed by atoms with E-state index in [-0.39, 0.29) is 11.6 Å². The van der Waals surface area contributed by atoms with Gasteiger partial charge >= 0.3 is 0 Å². The summed E-state index contributed by atoms with van der Waals surface area (Å²) >= 11 is 0. The molecule has 4 heteroatoms. The molecule has 0 saturated carbocycles. The molecule has 0 fully saturated rings. The molecule has 4 nitrogen and oxygen atoms in total. The van der Waals surface area contributed by atoms with Crippen molar-refractivity contribution < 1.29 is 0 Å². The Bertz CT molecular complexity index is 536. The second-order valence-corrected chi connectivity index (χ2v) is 5.77. The third kappa shape index (κ3) is 2.38. The van der Waals surface area contributed by atoms with Crippen LogP contribution in [0.1, 0.15) is 39.9 Å². The smallest absolute Gasteiger partial charge is 0.111 e. The SMILES string of the molecule is CCC(N)Cc1nc2cnccc2n1C(C)(C)C. The van der Waals surface area contributed by atoms with Crippen molar-refractivity contribution in [2.75, 3.05) is 0 Å². The van der Waals surface area contributed by atoms with Gasteiger partial charge in [0.1, 0.15) is 11.3 Å². The lowest BCUT2D eigenvalue weighted by Crippen LogP contribution is -2.29. The monoisotopic (exact) mass is 246 g/mol. The van der Waals surface area contributed by atoms with Crippen LogP contribution in [0.4, 0.5) is 0 Å². The third-order valence-electron chi connectivity index (χ3n) is 3.17. The zero-order valence-corrected chi connectivity index (χ0v) is 11.6. The number of imidazole rings is 1. The highest BCUT2D eigenvalue weighted by molar-refractivity contribution is 5.75. The standard InChI is InChI=1S/C14H22N4/c1-5-10(15)8-13-17-11-9-16-7-6-12(11)18(13)14(2,3)4/h6-7,9-10H,5,8,15H2,1-4H3. The van der Waals surface area contributed by atoms with Crippen molar-refractivity contribution in [1.29, 1.82) is 0 Å². The summed E-state index contributed by atoms with van der Waals surface area (Å²) in [6.07, 6.45) is 5.41. The molecule has 0 aliphatic carbocycles. The number of fused-ring (bicyclic) bond motifs is 1. The lowest BCUT2D eigenvalue weighted by molar-refractivity contribution is 0.389. The minimum atomic E-state index is -0.00109. The van der Waals surface area contributed by atoms with Gasteiger partial charge < -0.3 is 10.3 Å². The van der Waals surface area contributed by atoms with Crippen LogP contribution in [0.15, 0.2) is 18.5 Å². The summed E-state index contributed by atoms with van der Waals surface area (Å²) in [6, 6.07) is 2.19. The number of nitrogens with zero attached hydrogens (tertiary/aromatic N) is 3. The van der Waals surface area contributed by atoms with Crippen LogP contribution >= 0.6 is 0 Å². The van der Waals surface area contributed by atoms with E-state index in [1.165, 1.54) is 0 Å². The van der Waals surface area contributed by atoms with Gasteiger partial charge in [-0.05, 0) is 33.3 Å². The number of hydrogen-bond donors (Lipinski definition) is 1. The Kier molecular flexibility index (Phi) is 3.39. The number of nitrogens with two attached hydrogens (primary N) is 1. The van der Waals surface area contributed by atoms with E-state index in [0.717, 1.165) is 29.7 Å². The minimum Gasteiger partial charge on any atom is -0.327 e. The van der Waals surface area contributed by atoms with E-state index in [2.05, 4.69) is 42.2 Å². The summed E-state index contributed by atoms with van der Waals surface area (Å²) in [5.74, 6) is 1.06. The molecule has 2 aromatic heterocycles.